The molecule has 3 amide bonds. The minimum Gasteiger partial charge on any atom is -0.467 e. The topological polar surface area (TPSA) is 149 Å². The minimum atomic E-state index is -2.21. The van der Waals surface area contributed by atoms with Crippen molar-refractivity contribution < 1.29 is 38.2 Å². The molecule has 0 aliphatic carbocycles. The molecule has 1 aromatic carbocycles. The van der Waals surface area contributed by atoms with Crippen LogP contribution in [-0.4, -0.2) is 60.2 Å². The number of alkyl carbamates (subject to hydrolysis) is 1. The summed E-state index contributed by atoms with van der Waals surface area (Å²) < 4.78 is 15.7. The van der Waals surface area contributed by atoms with E-state index < -0.39 is 53.1 Å². The lowest BCUT2D eigenvalue weighted by atomic mass is 9.92. The maximum atomic E-state index is 13.8. The van der Waals surface area contributed by atoms with Gasteiger partial charge in [-0.3, -0.25) is 9.59 Å². The first-order chi connectivity index (χ1) is 19.0. The SMILES string of the molecule is CCC(NC(=O)[C@H](CC(C)C)NC(=O)OC(C)(C)C)(C(=O)N[C@@H](CC(C)C)C(=O)OC)C(=O)OCc1ccccc1. The fourth-order valence-electron chi connectivity index (χ4n) is 4.00. The van der Waals surface area contributed by atoms with Gasteiger partial charge in [0, 0.05) is 0 Å². The van der Waals surface area contributed by atoms with Crippen molar-refractivity contribution in [3.05, 3.63) is 35.9 Å². The summed E-state index contributed by atoms with van der Waals surface area (Å²) in [7, 11) is 1.20. The van der Waals surface area contributed by atoms with E-state index in [2.05, 4.69) is 16.0 Å². The molecule has 0 aromatic heterocycles. The molecule has 0 bridgehead atoms. The van der Waals surface area contributed by atoms with Crippen LogP contribution >= 0.6 is 0 Å². The van der Waals surface area contributed by atoms with Crippen LogP contribution in [0, 0.1) is 11.8 Å². The van der Waals surface area contributed by atoms with Crippen molar-refractivity contribution in [2.45, 2.75) is 104 Å². The van der Waals surface area contributed by atoms with Crippen molar-refractivity contribution >= 4 is 29.8 Å². The third-order valence-electron chi connectivity index (χ3n) is 6.03. The number of amides is 3. The molecule has 0 aliphatic rings. The number of carbonyl (C=O) groups excluding carboxylic acids is 5. The summed E-state index contributed by atoms with van der Waals surface area (Å²) in [4.78, 5) is 66.1. The van der Waals surface area contributed by atoms with Gasteiger partial charge in [-0.1, -0.05) is 65.0 Å². The Morgan fingerprint density at radius 1 is 0.854 bits per heavy atom. The van der Waals surface area contributed by atoms with Crippen LogP contribution in [0.1, 0.15) is 80.2 Å². The quantitative estimate of drug-likeness (QED) is 0.172. The maximum absolute atomic E-state index is 13.8. The van der Waals surface area contributed by atoms with Crippen molar-refractivity contribution in [2.75, 3.05) is 7.11 Å². The van der Waals surface area contributed by atoms with Crippen LogP contribution in [0.5, 0.6) is 0 Å². The lowest BCUT2D eigenvalue weighted by Crippen LogP contribution is -2.67. The second-order valence-corrected chi connectivity index (χ2v) is 11.8. The second kappa shape index (κ2) is 16.0. The Balaban J connectivity index is 3.42. The zero-order chi connectivity index (χ0) is 31.4. The average molecular weight is 578 g/mol. The van der Waals surface area contributed by atoms with Gasteiger partial charge in [0.1, 0.15) is 24.3 Å². The summed E-state index contributed by atoms with van der Waals surface area (Å²) in [6.07, 6.45) is -0.584. The number of rotatable bonds is 14. The fourth-order valence-corrected chi connectivity index (χ4v) is 4.00. The Kier molecular flexibility index (Phi) is 13.8. The smallest absolute Gasteiger partial charge is 0.408 e. The molecule has 0 heterocycles. The third-order valence-corrected chi connectivity index (χ3v) is 6.03. The number of benzene rings is 1. The van der Waals surface area contributed by atoms with Gasteiger partial charge in [-0.05, 0) is 57.4 Å². The van der Waals surface area contributed by atoms with Crippen LogP contribution in [0.15, 0.2) is 30.3 Å². The molecular weight excluding hydrogens is 530 g/mol. The molecule has 230 valence electrons. The first-order valence-corrected chi connectivity index (χ1v) is 14.0. The van der Waals surface area contributed by atoms with Gasteiger partial charge in [0.2, 0.25) is 11.4 Å². The summed E-state index contributed by atoms with van der Waals surface area (Å²) in [6.45, 7) is 13.9. The van der Waals surface area contributed by atoms with E-state index in [9.17, 15) is 24.0 Å². The standard InChI is InChI=1S/C30H47N3O8/c1-10-30(27(37)40-18-21-14-12-11-13-15-21,26(36)31-23(17-20(4)5)25(35)39-9)33-24(34)22(16-19(2)3)32-28(38)41-29(6,7)8/h11-15,19-20,22-23H,10,16-18H2,1-9H3,(H,31,36)(H,32,38)(H,33,34)/t22-,23-,30?/m0/s1. The van der Waals surface area contributed by atoms with Crippen molar-refractivity contribution in [1.29, 1.82) is 0 Å². The van der Waals surface area contributed by atoms with Crippen molar-refractivity contribution in [2.24, 2.45) is 11.8 Å². The molecule has 11 nitrogen and oxygen atoms in total. The van der Waals surface area contributed by atoms with E-state index in [-0.39, 0.29) is 37.7 Å². The van der Waals surface area contributed by atoms with Gasteiger partial charge in [-0.2, -0.15) is 0 Å². The van der Waals surface area contributed by atoms with Gasteiger partial charge in [0.15, 0.2) is 0 Å². The highest BCUT2D eigenvalue weighted by molar-refractivity contribution is 6.11. The zero-order valence-electron chi connectivity index (χ0n) is 25.8. The Labute approximate surface area is 243 Å². The number of hydrogen-bond acceptors (Lipinski definition) is 8. The molecule has 1 aromatic rings. The van der Waals surface area contributed by atoms with E-state index in [1.165, 1.54) is 14.0 Å². The number of ether oxygens (including phenoxy) is 3. The molecule has 0 saturated carbocycles. The molecule has 1 unspecified atom stereocenters. The Morgan fingerprint density at radius 3 is 1.90 bits per heavy atom. The fraction of sp³-hybridized carbons (Fsp3) is 0.633. The van der Waals surface area contributed by atoms with Gasteiger partial charge in [0.05, 0.1) is 7.11 Å². The van der Waals surface area contributed by atoms with Crippen LogP contribution in [-0.2, 0) is 40.0 Å². The first-order valence-electron chi connectivity index (χ1n) is 14.0. The monoisotopic (exact) mass is 577 g/mol. The largest absolute Gasteiger partial charge is 0.467 e. The van der Waals surface area contributed by atoms with Crippen molar-refractivity contribution in [3.63, 3.8) is 0 Å². The molecule has 0 saturated heterocycles. The summed E-state index contributed by atoms with van der Waals surface area (Å²) >= 11 is 0. The number of carbonyl (C=O) groups is 5. The zero-order valence-corrected chi connectivity index (χ0v) is 25.8. The van der Waals surface area contributed by atoms with Crippen LogP contribution in [0.25, 0.3) is 0 Å². The molecule has 0 spiro atoms. The van der Waals surface area contributed by atoms with E-state index in [0.29, 0.717) is 5.56 Å². The van der Waals surface area contributed by atoms with Gasteiger partial charge in [0.25, 0.3) is 5.91 Å². The summed E-state index contributed by atoms with van der Waals surface area (Å²) in [5.41, 5.74) is -2.34. The molecule has 1 rings (SSSR count). The van der Waals surface area contributed by atoms with Gasteiger partial charge in [-0.15, -0.1) is 0 Å². The predicted molar refractivity (Wildman–Crippen MR) is 153 cm³/mol. The van der Waals surface area contributed by atoms with Crippen LogP contribution < -0.4 is 16.0 Å². The molecule has 3 atom stereocenters. The lowest BCUT2D eigenvalue weighted by molar-refractivity contribution is -0.161. The van der Waals surface area contributed by atoms with Crippen molar-refractivity contribution in [1.82, 2.24) is 16.0 Å². The number of methoxy groups -OCH3 is 1. The molecular formula is C30H47N3O8. The average Bonchev–Trinajstić information content (AvgIpc) is 2.87. The number of nitrogens with one attached hydrogen (secondary N) is 3. The second-order valence-electron chi connectivity index (χ2n) is 11.8. The van der Waals surface area contributed by atoms with E-state index in [4.69, 9.17) is 14.2 Å². The molecule has 0 fully saturated rings. The summed E-state index contributed by atoms with van der Waals surface area (Å²) in [5.74, 6) is -3.44. The van der Waals surface area contributed by atoms with E-state index >= 15 is 0 Å². The van der Waals surface area contributed by atoms with Gasteiger partial charge in [-0.25, -0.2) is 14.4 Å². The number of esters is 2. The Morgan fingerprint density at radius 2 is 1.41 bits per heavy atom. The van der Waals surface area contributed by atoms with Gasteiger partial charge < -0.3 is 30.2 Å². The number of hydrogen-bond donors (Lipinski definition) is 3. The molecule has 0 aliphatic heterocycles. The lowest BCUT2D eigenvalue weighted by Gasteiger charge is -2.33. The van der Waals surface area contributed by atoms with Crippen LogP contribution in [0.4, 0.5) is 4.79 Å². The molecule has 0 radical (unpaired) electrons. The maximum Gasteiger partial charge on any atom is 0.408 e. The third kappa shape index (κ3) is 11.8. The summed E-state index contributed by atoms with van der Waals surface area (Å²) in [5, 5.41) is 7.69. The van der Waals surface area contributed by atoms with E-state index in [1.54, 1.807) is 45.0 Å². The van der Waals surface area contributed by atoms with E-state index in [0.717, 1.165) is 0 Å². The highest BCUT2D eigenvalue weighted by atomic mass is 16.6. The Hall–Kier alpha value is -3.63. The molecule has 11 heteroatoms. The predicted octanol–water partition coefficient (Wildman–Crippen LogP) is 3.64. The van der Waals surface area contributed by atoms with Crippen LogP contribution in [0.2, 0.25) is 0 Å². The van der Waals surface area contributed by atoms with Crippen molar-refractivity contribution in [3.8, 4) is 0 Å². The Bertz CT molecular complexity index is 1040. The van der Waals surface area contributed by atoms with Crippen LogP contribution in [0.3, 0.4) is 0 Å². The van der Waals surface area contributed by atoms with E-state index in [1.807, 2.05) is 33.8 Å². The highest BCUT2D eigenvalue weighted by Gasteiger charge is 2.49. The normalized spacial score (nSPS) is 14.3. The summed E-state index contributed by atoms with van der Waals surface area (Å²) in [6, 6.07) is 6.66. The van der Waals surface area contributed by atoms with Gasteiger partial charge >= 0.3 is 18.0 Å². The minimum absolute atomic E-state index is 0.00324. The highest BCUT2D eigenvalue weighted by Crippen LogP contribution is 2.19. The first kappa shape index (κ1) is 35.4. The molecule has 3 N–H and O–H groups in total. The molecule has 41 heavy (non-hydrogen) atoms.